The third-order valence-corrected chi connectivity index (χ3v) is 3.29. The van der Waals surface area contributed by atoms with Gasteiger partial charge in [-0.2, -0.15) is 4.90 Å². The summed E-state index contributed by atoms with van der Waals surface area (Å²) < 4.78 is 16.6. The molecule has 1 rings (SSSR count). The molecule has 140 valence electrons. The topological polar surface area (TPSA) is 78.0 Å². The van der Waals surface area contributed by atoms with Crippen LogP contribution in [0.4, 0.5) is 15.3 Å². The van der Waals surface area contributed by atoms with Crippen LogP contribution in [0.5, 0.6) is 5.75 Å². The van der Waals surface area contributed by atoms with Crippen LogP contribution < -0.4 is 9.64 Å². The van der Waals surface area contributed by atoms with Gasteiger partial charge in [0.2, 0.25) is 0 Å². The molecule has 0 atom stereocenters. The van der Waals surface area contributed by atoms with Gasteiger partial charge in [-0.1, -0.05) is 0 Å². The molecule has 8 heteroatoms. The van der Waals surface area contributed by atoms with Crippen LogP contribution in [0.15, 0.2) is 10.7 Å². The number of rotatable bonds is 2. The summed E-state index contributed by atoms with van der Waals surface area (Å²) in [5, 5.41) is 0. The predicted octanol–water partition coefficient (Wildman–Crippen LogP) is 4.84. The lowest BCUT2D eigenvalue weighted by molar-refractivity contribution is 0.0429. The summed E-state index contributed by atoms with van der Waals surface area (Å²) in [5.74, 6) is 0.282. The van der Waals surface area contributed by atoms with Crippen LogP contribution in [0.3, 0.4) is 0 Å². The van der Waals surface area contributed by atoms with Crippen LogP contribution in [0.2, 0.25) is 0 Å². The highest BCUT2D eigenvalue weighted by molar-refractivity contribution is 9.10. The summed E-state index contributed by atoms with van der Waals surface area (Å²) in [5.41, 5.74) is -1.01. The van der Waals surface area contributed by atoms with Crippen molar-refractivity contribution in [1.82, 2.24) is 4.98 Å². The minimum absolute atomic E-state index is 0.167. The second-order valence-corrected chi connectivity index (χ2v) is 8.22. The second-order valence-electron chi connectivity index (χ2n) is 7.37. The summed E-state index contributed by atoms with van der Waals surface area (Å²) in [4.78, 5) is 30.4. The molecule has 0 N–H and O–H groups in total. The van der Waals surface area contributed by atoms with Crippen molar-refractivity contribution in [3.8, 4) is 5.75 Å². The number of carbonyl (C=O) groups excluding carboxylic acids is 2. The van der Waals surface area contributed by atoms with E-state index in [2.05, 4.69) is 20.9 Å². The number of hydrogen-bond donors (Lipinski definition) is 0. The number of imide groups is 1. The van der Waals surface area contributed by atoms with Gasteiger partial charge in [-0.3, -0.25) is 4.98 Å². The van der Waals surface area contributed by atoms with Crippen molar-refractivity contribution in [3.05, 3.63) is 16.4 Å². The molecule has 0 aliphatic rings. The van der Waals surface area contributed by atoms with Gasteiger partial charge >= 0.3 is 12.2 Å². The van der Waals surface area contributed by atoms with Crippen LogP contribution in [-0.4, -0.2) is 35.5 Å². The van der Waals surface area contributed by atoms with Crippen molar-refractivity contribution in [2.24, 2.45) is 0 Å². The van der Waals surface area contributed by atoms with Gasteiger partial charge in [0.1, 0.15) is 16.9 Å². The van der Waals surface area contributed by atoms with Gasteiger partial charge < -0.3 is 14.2 Å². The van der Waals surface area contributed by atoms with E-state index < -0.39 is 23.4 Å². The van der Waals surface area contributed by atoms with Gasteiger partial charge in [-0.15, -0.1) is 0 Å². The Labute approximate surface area is 156 Å². The van der Waals surface area contributed by atoms with E-state index in [1.165, 1.54) is 13.3 Å². The smallest absolute Gasteiger partial charge is 0.424 e. The standard InChI is InChI=1S/C17H25BrN2O5/c1-10-12(13(23-8)11(18)9-19-10)20(14(21)24-16(2,3)4)15(22)25-17(5,6)7/h9H,1-8H3. The lowest BCUT2D eigenvalue weighted by Crippen LogP contribution is -2.44. The molecule has 0 aliphatic carbocycles. The van der Waals surface area contributed by atoms with Crippen LogP contribution in [0.1, 0.15) is 47.2 Å². The number of ether oxygens (including phenoxy) is 3. The maximum atomic E-state index is 12.7. The van der Waals surface area contributed by atoms with Crippen molar-refractivity contribution >= 4 is 33.8 Å². The number of nitrogens with zero attached hydrogens (tertiary/aromatic N) is 2. The molecule has 2 amide bonds. The third kappa shape index (κ3) is 5.88. The van der Waals surface area contributed by atoms with Gasteiger partial charge in [0.05, 0.1) is 17.3 Å². The monoisotopic (exact) mass is 416 g/mol. The Bertz CT molecular complexity index is 634. The first-order valence-electron chi connectivity index (χ1n) is 7.72. The molecule has 0 aromatic carbocycles. The van der Waals surface area contributed by atoms with Crippen molar-refractivity contribution < 1.29 is 23.8 Å². The van der Waals surface area contributed by atoms with Gasteiger partial charge in [0.25, 0.3) is 0 Å². The zero-order chi connectivity index (χ0) is 19.6. The zero-order valence-electron chi connectivity index (χ0n) is 15.9. The molecule has 0 bridgehead atoms. The number of pyridine rings is 1. The fraction of sp³-hybridized carbons (Fsp3) is 0.588. The van der Waals surface area contributed by atoms with Crippen molar-refractivity contribution in [3.63, 3.8) is 0 Å². The first-order chi connectivity index (χ1) is 11.3. The molecule has 1 heterocycles. The van der Waals surface area contributed by atoms with E-state index in [9.17, 15) is 9.59 Å². The van der Waals surface area contributed by atoms with E-state index in [0.717, 1.165) is 4.90 Å². The van der Waals surface area contributed by atoms with E-state index in [1.807, 2.05) is 0 Å². The Kier molecular flexibility index (Phi) is 6.44. The zero-order valence-corrected chi connectivity index (χ0v) is 17.5. The highest BCUT2D eigenvalue weighted by Gasteiger charge is 2.36. The SMILES string of the molecule is COc1c(Br)cnc(C)c1N(C(=O)OC(C)(C)C)C(=O)OC(C)(C)C. The Morgan fingerprint density at radius 1 is 1.04 bits per heavy atom. The summed E-state index contributed by atoms with van der Waals surface area (Å²) >= 11 is 3.31. The quantitative estimate of drug-likeness (QED) is 0.686. The summed E-state index contributed by atoms with van der Waals surface area (Å²) in [6.07, 6.45) is -0.217. The second kappa shape index (κ2) is 7.59. The molecule has 1 aromatic rings. The number of halogens is 1. The maximum Gasteiger partial charge on any atom is 0.424 e. The Morgan fingerprint density at radius 3 is 1.84 bits per heavy atom. The van der Waals surface area contributed by atoms with Gasteiger partial charge in [-0.25, -0.2) is 9.59 Å². The third-order valence-electron chi connectivity index (χ3n) is 2.73. The molecule has 0 unspecified atom stereocenters. The molecule has 0 radical (unpaired) electrons. The van der Waals surface area contributed by atoms with Crippen molar-refractivity contribution in [2.75, 3.05) is 12.0 Å². The molecule has 0 saturated carbocycles. The van der Waals surface area contributed by atoms with E-state index in [0.29, 0.717) is 10.2 Å². The summed E-state index contributed by atoms with van der Waals surface area (Å²) in [6.45, 7) is 11.9. The minimum Gasteiger partial charge on any atom is -0.493 e. The largest absolute Gasteiger partial charge is 0.493 e. The average Bonchev–Trinajstić information content (AvgIpc) is 2.39. The van der Waals surface area contributed by atoms with Gasteiger partial charge in [0.15, 0.2) is 5.75 Å². The molecule has 25 heavy (non-hydrogen) atoms. The summed E-state index contributed by atoms with van der Waals surface area (Å²) in [6, 6.07) is 0. The average molecular weight is 417 g/mol. The highest BCUT2D eigenvalue weighted by Crippen LogP contribution is 2.38. The Morgan fingerprint density at radius 2 is 1.48 bits per heavy atom. The molecular formula is C17H25BrN2O5. The van der Waals surface area contributed by atoms with E-state index >= 15 is 0 Å². The molecule has 1 aromatic heterocycles. The van der Waals surface area contributed by atoms with Crippen molar-refractivity contribution in [1.29, 1.82) is 0 Å². The molecule has 0 fully saturated rings. The molecule has 0 aliphatic heterocycles. The number of anilines is 1. The van der Waals surface area contributed by atoms with Gasteiger partial charge in [0, 0.05) is 6.20 Å². The van der Waals surface area contributed by atoms with Gasteiger partial charge in [-0.05, 0) is 64.4 Å². The van der Waals surface area contributed by atoms with E-state index in [-0.39, 0.29) is 11.4 Å². The fourth-order valence-electron chi connectivity index (χ4n) is 1.88. The Balaban J connectivity index is 3.50. The fourth-order valence-corrected chi connectivity index (χ4v) is 2.33. The normalized spacial score (nSPS) is 11.7. The number of amides is 2. The minimum atomic E-state index is -0.872. The predicted molar refractivity (Wildman–Crippen MR) is 98.2 cm³/mol. The Hall–Kier alpha value is -1.83. The van der Waals surface area contributed by atoms with E-state index in [1.54, 1.807) is 48.5 Å². The molecule has 0 spiro atoms. The van der Waals surface area contributed by atoms with Crippen LogP contribution in [0, 0.1) is 6.92 Å². The number of carbonyl (C=O) groups is 2. The number of hydrogen-bond acceptors (Lipinski definition) is 6. The van der Waals surface area contributed by atoms with Crippen LogP contribution in [0.25, 0.3) is 0 Å². The molecule has 7 nitrogen and oxygen atoms in total. The highest BCUT2D eigenvalue weighted by atomic mass is 79.9. The maximum absolute atomic E-state index is 12.7. The lowest BCUT2D eigenvalue weighted by Gasteiger charge is -2.30. The summed E-state index contributed by atoms with van der Waals surface area (Å²) in [7, 11) is 1.44. The van der Waals surface area contributed by atoms with Crippen LogP contribution in [-0.2, 0) is 9.47 Å². The van der Waals surface area contributed by atoms with E-state index in [4.69, 9.17) is 14.2 Å². The number of methoxy groups -OCH3 is 1. The first kappa shape index (κ1) is 21.2. The first-order valence-corrected chi connectivity index (χ1v) is 8.51. The lowest BCUT2D eigenvalue weighted by atomic mass is 10.2. The van der Waals surface area contributed by atoms with Crippen LogP contribution >= 0.6 is 15.9 Å². The van der Waals surface area contributed by atoms with Crippen molar-refractivity contribution in [2.45, 2.75) is 59.7 Å². The molecule has 0 saturated heterocycles. The number of aromatic nitrogens is 1. The molecular weight excluding hydrogens is 392 g/mol. The number of aryl methyl sites for hydroxylation is 1.